The first kappa shape index (κ1) is 19.3. The van der Waals surface area contributed by atoms with Crippen molar-refractivity contribution < 1.29 is 13.9 Å². The second-order valence-electron chi connectivity index (χ2n) is 6.62. The third kappa shape index (κ3) is 6.05. The molecule has 1 heterocycles. The van der Waals surface area contributed by atoms with Crippen molar-refractivity contribution >= 4 is 6.03 Å². The molecular formula is C21H26FN3O2. The van der Waals surface area contributed by atoms with E-state index < -0.39 is 0 Å². The molecule has 1 aliphatic rings. The molecule has 3 rings (SSSR count). The number of hydrogen-bond donors (Lipinski definition) is 2. The fourth-order valence-corrected chi connectivity index (χ4v) is 3.18. The predicted octanol–water partition coefficient (Wildman–Crippen LogP) is 2.74. The molecule has 27 heavy (non-hydrogen) atoms. The van der Waals surface area contributed by atoms with Gasteiger partial charge in [0.05, 0.1) is 19.3 Å². The van der Waals surface area contributed by atoms with Crippen LogP contribution in [0.5, 0.6) is 0 Å². The van der Waals surface area contributed by atoms with Gasteiger partial charge in [-0.3, -0.25) is 4.90 Å². The van der Waals surface area contributed by atoms with Crippen LogP contribution in [0.4, 0.5) is 9.18 Å². The van der Waals surface area contributed by atoms with Crippen molar-refractivity contribution in [1.29, 1.82) is 0 Å². The van der Waals surface area contributed by atoms with Gasteiger partial charge in [0.25, 0.3) is 0 Å². The maximum atomic E-state index is 13.7. The normalized spacial score (nSPS) is 15.9. The maximum Gasteiger partial charge on any atom is 0.315 e. The highest BCUT2D eigenvalue weighted by Gasteiger charge is 2.20. The smallest absolute Gasteiger partial charge is 0.315 e. The van der Waals surface area contributed by atoms with Gasteiger partial charge in [-0.05, 0) is 23.6 Å². The first-order chi connectivity index (χ1) is 13.2. The summed E-state index contributed by atoms with van der Waals surface area (Å²) in [6.45, 7) is 4.27. The van der Waals surface area contributed by atoms with Gasteiger partial charge in [0.15, 0.2) is 0 Å². The summed E-state index contributed by atoms with van der Waals surface area (Å²) in [6, 6.07) is 16.2. The molecule has 1 atom stereocenters. The van der Waals surface area contributed by atoms with Crippen LogP contribution >= 0.6 is 0 Å². The summed E-state index contributed by atoms with van der Waals surface area (Å²) in [6.07, 6.45) is 0.458. The Kier molecular flexibility index (Phi) is 7.19. The highest BCUT2D eigenvalue weighted by atomic mass is 19.1. The number of nitrogens with zero attached hydrogens (tertiary/aromatic N) is 1. The molecule has 0 spiro atoms. The van der Waals surface area contributed by atoms with Gasteiger partial charge in [-0.25, -0.2) is 9.18 Å². The van der Waals surface area contributed by atoms with Crippen LogP contribution in [0.15, 0.2) is 54.6 Å². The molecule has 0 bridgehead atoms. The first-order valence-electron chi connectivity index (χ1n) is 9.35. The van der Waals surface area contributed by atoms with Gasteiger partial charge in [-0.15, -0.1) is 0 Å². The van der Waals surface area contributed by atoms with Crippen LogP contribution in [-0.4, -0.2) is 50.3 Å². The molecule has 0 aromatic heterocycles. The quantitative estimate of drug-likeness (QED) is 0.787. The Bertz CT molecular complexity index is 720. The van der Waals surface area contributed by atoms with Crippen LogP contribution in [-0.2, 0) is 11.2 Å². The number of rotatable bonds is 7. The second-order valence-corrected chi connectivity index (χ2v) is 6.62. The van der Waals surface area contributed by atoms with E-state index in [9.17, 15) is 9.18 Å². The molecule has 0 radical (unpaired) electrons. The van der Waals surface area contributed by atoms with E-state index >= 15 is 0 Å². The lowest BCUT2D eigenvalue weighted by Crippen LogP contribution is -2.45. The second kappa shape index (κ2) is 10.0. The fourth-order valence-electron chi connectivity index (χ4n) is 3.18. The van der Waals surface area contributed by atoms with E-state index in [0.29, 0.717) is 18.5 Å². The molecule has 2 aromatic rings. The van der Waals surface area contributed by atoms with Crippen LogP contribution in [0.3, 0.4) is 0 Å². The van der Waals surface area contributed by atoms with Crippen LogP contribution in [0, 0.1) is 5.82 Å². The number of amides is 2. The Balaban J connectivity index is 1.54. The van der Waals surface area contributed by atoms with Gasteiger partial charge in [-0.2, -0.15) is 0 Å². The summed E-state index contributed by atoms with van der Waals surface area (Å²) in [5.41, 5.74) is 1.67. The van der Waals surface area contributed by atoms with Crippen molar-refractivity contribution in [3.05, 3.63) is 71.5 Å². The minimum absolute atomic E-state index is 0.113. The topological polar surface area (TPSA) is 53.6 Å². The van der Waals surface area contributed by atoms with Gasteiger partial charge in [0.1, 0.15) is 5.82 Å². The fraction of sp³-hybridized carbons (Fsp3) is 0.381. The summed E-state index contributed by atoms with van der Waals surface area (Å²) in [5, 5.41) is 5.89. The molecule has 0 saturated carbocycles. The lowest BCUT2D eigenvalue weighted by molar-refractivity contribution is 0.0340. The highest BCUT2D eigenvalue weighted by molar-refractivity contribution is 5.74. The number of hydrogen-bond acceptors (Lipinski definition) is 3. The van der Waals surface area contributed by atoms with Crippen molar-refractivity contribution in [2.45, 2.75) is 12.5 Å². The molecule has 2 aromatic carbocycles. The zero-order valence-corrected chi connectivity index (χ0v) is 15.4. The average molecular weight is 371 g/mol. The zero-order valence-electron chi connectivity index (χ0n) is 15.4. The number of carbonyl (C=O) groups is 1. The molecule has 2 amide bonds. The lowest BCUT2D eigenvalue weighted by atomic mass is 10.1. The molecule has 2 N–H and O–H groups in total. The molecule has 144 valence electrons. The van der Waals surface area contributed by atoms with E-state index in [-0.39, 0.29) is 17.9 Å². The van der Waals surface area contributed by atoms with Crippen molar-refractivity contribution in [2.24, 2.45) is 0 Å². The van der Waals surface area contributed by atoms with E-state index in [1.165, 1.54) is 6.07 Å². The van der Waals surface area contributed by atoms with Crippen molar-refractivity contribution in [3.63, 3.8) is 0 Å². The number of morpholine rings is 1. The van der Waals surface area contributed by atoms with Gasteiger partial charge in [0.2, 0.25) is 0 Å². The Labute approximate surface area is 159 Å². The van der Waals surface area contributed by atoms with Crippen LogP contribution < -0.4 is 10.6 Å². The number of benzene rings is 2. The van der Waals surface area contributed by atoms with E-state index in [2.05, 4.69) is 15.5 Å². The molecule has 6 heteroatoms. The van der Waals surface area contributed by atoms with E-state index in [0.717, 1.165) is 38.4 Å². The Morgan fingerprint density at radius 1 is 1.07 bits per heavy atom. The summed E-state index contributed by atoms with van der Waals surface area (Å²) < 4.78 is 19.1. The molecule has 1 aliphatic heterocycles. The van der Waals surface area contributed by atoms with Crippen molar-refractivity contribution in [1.82, 2.24) is 15.5 Å². The van der Waals surface area contributed by atoms with Crippen LogP contribution in [0.2, 0.25) is 0 Å². The summed E-state index contributed by atoms with van der Waals surface area (Å²) in [5.74, 6) is -0.241. The largest absolute Gasteiger partial charge is 0.379 e. The van der Waals surface area contributed by atoms with Gasteiger partial charge < -0.3 is 15.4 Å². The number of halogens is 1. The van der Waals surface area contributed by atoms with Gasteiger partial charge in [0, 0.05) is 26.2 Å². The Morgan fingerprint density at radius 3 is 2.52 bits per heavy atom. The number of carbonyl (C=O) groups excluding carboxylic acids is 1. The van der Waals surface area contributed by atoms with Crippen LogP contribution in [0.1, 0.15) is 17.2 Å². The molecule has 0 unspecified atom stereocenters. The molecule has 5 nitrogen and oxygen atoms in total. The molecular weight excluding hydrogens is 345 g/mol. The summed E-state index contributed by atoms with van der Waals surface area (Å²) in [4.78, 5) is 14.7. The highest BCUT2D eigenvalue weighted by Crippen LogP contribution is 2.15. The number of urea groups is 1. The van der Waals surface area contributed by atoms with E-state index in [1.54, 1.807) is 18.2 Å². The minimum atomic E-state index is -0.242. The van der Waals surface area contributed by atoms with Crippen LogP contribution in [0.25, 0.3) is 0 Å². The van der Waals surface area contributed by atoms with Gasteiger partial charge in [-0.1, -0.05) is 48.5 Å². The Morgan fingerprint density at radius 2 is 1.78 bits per heavy atom. The SMILES string of the molecule is O=C(NCCc1ccccc1F)N[C@@H](CN1CCOCC1)c1ccccc1. The van der Waals surface area contributed by atoms with Gasteiger partial charge >= 0.3 is 6.03 Å². The standard InChI is InChI=1S/C21H26FN3O2/c22-19-9-5-4-6-17(19)10-11-23-21(26)24-20(18-7-2-1-3-8-18)16-25-12-14-27-15-13-25/h1-9,20H,10-16H2,(H2,23,24,26)/t20-/m0/s1. The molecule has 1 saturated heterocycles. The third-order valence-corrected chi connectivity index (χ3v) is 4.69. The Hall–Kier alpha value is -2.44. The molecule has 0 aliphatic carbocycles. The predicted molar refractivity (Wildman–Crippen MR) is 103 cm³/mol. The number of ether oxygens (including phenoxy) is 1. The van der Waals surface area contributed by atoms with E-state index in [4.69, 9.17) is 4.74 Å². The number of nitrogens with one attached hydrogen (secondary N) is 2. The summed E-state index contributed by atoms with van der Waals surface area (Å²) >= 11 is 0. The first-order valence-corrected chi connectivity index (χ1v) is 9.35. The maximum absolute atomic E-state index is 13.7. The summed E-state index contributed by atoms with van der Waals surface area (Å²) in [7, 11) is 0. The average Bonchev–Trinajstić information content (AvgIpc) is 2.70. The minimum Gasteiger partial charge on any atom is -0.379 e. The van der Waals surface area contributed by atoms with E-state index in [1.807, 2.05) is 30.3 Å². The lowest BCUT2D eigenvalue weighted by Gasteiger charge is -2.31. The zero-order chi connectivity index (χ0) is 18.9. The third-order valence-electron chi connectivity index (χ3n) is 4.69. The van der Waals surface area contributed by atoms with Crippen molar-refractivity contribution in [3.8, 4) is 0 Å². The molecule has 1 fully saturated rings. The monoisotopic (exact) mass is 371 g/mol. The van der Waals surface area contributed by atoms with Crippen molar-refractivity contribution in [2.75, 3.05) is 39.4 Å².